The number of carbonyl (C=O) groups is 1. The Morgan fingerprint density at radius 2 is 2.19 bits per heavy atom. The van der Waals surface area contributed by atoms with Gasteiger partial charge in [-0.2, -0.15) is 5.21 Å². The number of nitrogens with one attached hydrogen (secondary N) is 3. The molecule has 16 heavy (non-hydrogen) atoms. The Labute approximate surface area is 113 Å². The van der Waals surface area contributed by atoms with Gasteiger partial charge in [-0.1, -0.05) is 5.10 Å². The molecule has 1 aromatic heterocycles. The Hall–Kier alpha value is -0.750. The second kappa shape index (κ2) is 6.75. The van der Waals surface area contributed by atoms with Gasteiger partial charge in [-0.3, -0.25) is 5.32 Å². The number of rotatable bonds is 4. The molecular weight excluding hydrogens is 251 g/mol. The van der Waals surface area contributed by atoms with Crippen LogP contribution in [-0.2, 0) is 10.1 Å². The second-order valence-electron chi connectivity index (χ2n) is 2.38. The number of hydrogen-bond acceptors (Lipinski definition) is 7. The number of aromatic nitrogens is 4. The quantitative estimate of drug-likeness (QED) is 0.360. The van der Waals surface area contributed by atoms with Gasteiger partial charge in [-0.15, -0.1) is 5.10 Å². The Bertz CT molecular complexity index is 418. The van der Waals surface area contributed by atoms with E-state index < -0.39 is 21.9 Å². The summed E-state index contributed by atoms with van der Waals surface area (Å²) in [7, 11) is -4.32. The van der Waals surface area contributed by atoms with E-state index in [2.05, 4.69) is 31.3 Å². The Balaban J connectivity index is 0.00000225. The van der Waals surface area contributed by atoms with E-state index in [0.29, 0.717) is 0 Å². The molecule has 12 heteroatoms. The van der Waals surface area contributed by atoms with Crippen molar-refractivity contribution in [2.24, 2.45) is 0 Å². The van der Waals surface area contributed by atoms with Crippen LogP contribution in [-0.4, -0.2) is 51.9 Å². The van der Waals surface area contributed by atoms with E-state index in [1.807, 2.05) is 0 Å². The molecule has 1 rings (SSSR count). The number of anilines is 1. The van der Waals surface area contributed by atoms with Crippen molar-refractivity contribution < 1.29 is 47.3 Å². The minimum atomic E-state index is -4.32. The van der Waals surface area contributed by atoms with Gasteiger partial charge in [0, 0.05) is 6.54 Å². The molecule has 0 radical (unpaired) electrons. The first kappa shape index (κ1) is 15.2. The normalized spacial score (nSPS) is 10.3. The number of amides is 2. The average Bonchev–Trinajstić information content (AvgIpc) is 2.54. The van der Waals surface area contributed by atoms with Gasteiger partial charge in [-0.25, -0.2) is 13.2 Å². The Morgan fingerprint density at radius 3 is 2.69 bits per heavy atom. The number of hydrogen-bond donors (Lipinski definition) is 3. The van der Waals surface area contributed by atoms with E-state index in [-0.39, 0.29) is 42.1 Å². The number of urea groups is 1. The Morgan fingerprint density at radius 1 is 1.50 bits per heavy atom. The van der Waals surface area contributed by atoms with Crippen LogP contribution in [0, 0.1) is 0 Å². The van der Waals surface area contributed by atoms with E-state index in [1.165, 1.54) is 0 Å². The van der Waals surface area contributed by atoms with Gasteiger partial charge in [0.2, 0.25) is 0 Å². The first-order valence-electron chi connectivity index (χ1n) is 3.69. The predicted molar refractivity (Wildman–Crippen MR) is 45.8 cm³/mol. The first-order valence-corrected chi connectivity index (χ1v) is 5.27. The average molecular weight is 258 g/mol. The summed E-state index contributed by atoms with van der Waals surface area (Å²) < 4.78 is 30.5. The molecule has 0 aliphatic rings. The van der Waals surface area contributed by atoms with Gasteiger partial charge >= 0.3 is 35.6 Å². The molecule has 0 spiro atoms. The maximum Gasteiger partial charge on any atom is 1.00 e. The standard InChI is InChI=1S/C4H8N6O4S.Na/c11-4(5-1-2-15(12,13)14)6-3-7-9-10-8-3;/h1-2H2,(H,12,13,14)(H3,5,6,7,8,9,10,11);/q;+1/p-1. The third-order valence-electron chi connectivity index (χ3n) is 1.21. The van der Waals surface area contributed by atoms with Crippen molar-refractivity contribution in [3.63, 3.8) is 0 Å². The van der Waals surface area contributed by atoms with Crippen LogP contribution in [0.2, 0.25) is 0 Å². The summed E-state index contributed by atoms with van der Waals surface area (Å²) in [5.74, 6) is -0.732. The van der Waals surface area contributed by atoms with Gasteiger partial charge in [0.15, 0.2) is 0 Å². The summed E-state index contributed by atoms with van der Waals surface area (Å²) in [4.78, 5) is 11.0. The number of carbonyl (C=O) groups excluding carboxylic acids is 1. The Kier molecular flexibility index (Phi) is 6.43. The third-order valence-corrected chi connectivity index (χ3v) is 1.91. The van der Waals surface area contributed by atoms with Crippen molar-refractivity contribution in [2.75, 3.05) is 17.6 Å². The second-order valence-corrected chi connectivity index (χ2v) is 3.90. The van der Waals surface area contributed by atoms with Crippen molar-refractivity contribution in [3.8, 4) is 0 Å². The minimum absolute atomic E-state index is 0. The van der Waals surface area contributed by atoms with Crippen LogP contribution in [0.4, 0.5) is 10.7 Å². The topological polar surface area (TPSA) is 153 Å². The molecular formula is C4H7N6NaO4S. The molecule has 0 aliphatic heterocycles. The number of aromatic amines is 1. The maximum atomic E-state index is 11.0. The molecule has 0 aromatic carbocycles. The van der Waals surface area contributed by atoms with Crippen LogP contribution in [0.1, 0.15) is 0 Å². The molecule has 0 unspecified atom stereocenters. The zero-order chi connectivity index (χ0) is 11.3. The van der Waals surface area contributed by atoms with Crippen molar-refractivity contribution >= 4 is 22.1 Å². The fraction of sp³-hybridized carbons (Fsp3) is 0.500. The molecule has 0 aliphatic carbocycles. The molecule has 0 saturated heterocycles. The fourth-order valence-electron chi connectivity index (χ4n) is 0.650. The summed E-state index contributed by atoms with van der Waals surface area (Å²) >= 11 is 0. The van der Waals surface area contributed by atoms with Crippen molar-refractivity contribution in [1.29, 1.82) is 0 Å². The molecule has 2 amide bonds. The van der Waals surface area contributed by atoms with Gasteiger partial charge in [-0.05, 0) is 5.21 Å². The van der Waals surface area contributed by atoms with E-state index in [9.17, 15) is 17.8 Å². The smallest absolute Gasteiger partial charge is 0.748 e. The minimum Gasteiger partial charge on any atom is -0.748 e. The van der Waals surface area contributed by atoms with E-state index in [0.717, 1.165) is 0 Å². The SMILES string of the molecule is O=C(NCCS(=O)(=O)[O-])Nc1nn[nH]n1.[Na+]. The van der Waals surface area contributed by atoms with Crippen LogP contribution in [0.25, 0.3) is 0 Å². The summed E-state index contributed by atoms with van der Waals surface area (Å²) in [5.41, 5.74) is 0. The largest absolute Gasteiger partial charge is 1.00 e. The van der Waals surface area contributed by atoms with E-state index >= 15 is 0 Å². The number of nitrogens with zero attached hydrogens (tertiary/aromatic N) is 3. The van der Waals surface area contributed by atoms with Crippen molar-refractivity contribution in [1.82, 2.24) is 25.9 Å². The maximum absolute atomic E-state index is 11.0. The molecule has 10 nitrogen and oxygen atoms in total. The summed E-state index contributed by atoms with van der Waals surface area (Å²) in [6, 6.07) is -0.722. The third kappa shape index (κ3) is 6.68. The monoisotopic (exact) mass is 258 g/mol. The van der Waals surface area contributed by atoms with Gasteiger partial charge in [0.25, 0.3) is 5.95 Å². The van der Waals surface area contributed by atoms with Crippen molar-refractivity contribution in [2.45, 2.75) is 0 Å². The predicted octanol–water partition coefficient (Wildman–Crippen LogP) is -5.13. The fourth-order valence-corrected chi connectivity index (χ4v) is 1.00. The van der Waals surface area contributed by atoms with Crippen molar-refractivity contribution in [3.05, 3.63) is 0 Å². The molecule has 0 saturated carbocycles. The molecule has 84 valence electrons. The van der Waals surface area contributed by atoms with Crippen LogP contribution in [0.5, 0.6) is 0 Å². The van der Waals surface area contributed by atoms with Crippen LogP contribution >= 0.6 is 0 Å². The molecule has 0 atom stereocenters. The van der Waals surface area contributed by atoms with Gasteiger partial charge < -0.3 is 9.87 Å². The summed E-state index contributed by atoms with van der Waals surface area (Å²) in [5, 5.41) is 16.4. The first-order chi connectivity index (χ1) is 6.97. The van der Waals surface area contributed by atoms with Gasteiger partial charge in [0.05, 0.1) is 15.9 Å². The van der Waals surface area contributed by atoms with Crippen LogP contribution in [0.15, 0.2) is 0 Å². The number of H-pyrrole nitrogens is 1. The van der Waals surface area contributed by atoms with Crippen LogP contribution in [0.3, 0.4) is 0 Å². The summed E-state index contributed by atoms with van der Waals surface area (Å²) in [6.07, 6.45) is 0. The molecule has 1 heterocycles. The van der Waals surface area contributed by atoms with E-state index in [1.54, 1.807) is 0 Å². The zero-order valence-electron chi connectivity index (χ0n) is 8.30. The summed E-state index contributed by atoms with van der Waals surface area (Å²) in [6.45, 7) is -0.282. The zero-order valence-corrected chi connectivity index (χ0v) is 11.1. The molecule has 1 aromatic rings. The molecule has 0 fully saturated rings. The van der Waals surface area contributed by atoms with Crippen LogP contribution < -0.4 is 40.2 Å². The molecule has 0 bridgehead atoms. The van der Waals surface area contributed by atoms with E-state index in [4.69, 9.17) is 0 Å². The molecule has 3 N–H and O–H groups in total. The number of tetrazole rings is 1. The van der Waals surface area contributed by atoms with Gasteiger partial charge in [0.1, 0.15) is 0 Å².